The van der Waals surface area contributed by atoms with Crippen molar-refractivity contribution in [3.05, 3.63) is 58.6 Å². The Labute approximate surface area is 111 Å². The van der Waals surface area contributed by atoms with E-state index in [0.717, 1.165) is 11.3 Å². The highest BCUT2D eigenvalue weighted by atomic mass is 35.5. The molecule has 0 aliphatic rings. The number of halogens is 1. The van der Waals surface area contributed by atoms with Crippen LogP contribution in [-0.4, -0.2) is 0 Å². The van der Waals surface area contributed by atoms with Crippen molar-refractivity contribution in [1.29, 1.82) is 5.26 Å². The summed E-state index contributed by atoms with van der Waals surface area (Å²) in [5.74, 6) is 0. The summed E-state index contributed by atoms with van der Waals surface area (Å²) in [5, 5.41) is 12.6. The average molecular weight is 258 g/mol. The van der Waals surface area contributed by atoms with Gasteiger partial charge in [-0.25, -0.2) is 0 Å². The zero-order chi connectivity index (χ0) is 13.0. The number of benzene rings is 2. The lowest BCUT2D eigenvalue weighted by Gasteiger charge is -2.10. The van der Waals surface area contributed by atoms with Gasteiger partial charge in [0.25, 0.3) is 0 Å². The van der Waals surface area contributed by atoms with Gasteiger partial charge in [-0.1, -0.05) is 29.8 Å². The lowest BCUT2D eigenvalue weighted by molar-refractivity contribution is 1.15. The van der Waals surface area contributed by atoms with Gasteiger partial charge in [-0.15, -0.1) is 0 Å². The largest absolute Gasteiger partial charge is 0.396 e. The maximum Gasteiger partial charge on any atom is 0.0991 e. The Morgan fingerprint density at radius 1 is 1.22 bits per heavy atom. The van der Waals surface area contributed by atoms with E-state index in [1.807, 2.05) is 30.3 Å². The second kappa shape index (κ2) is 5.44. The van der Waals surface area contributed by atoms with Crippen molar-refractivity contribution in [3.8, 4) is 6.07 Å². The molecule has 0 spiro atoms. The molecule has 0 fully saturated rings. The number of para-hydroxylation sites is 1. The molecule has 0 saturated carbocycles. The zero-order valence-corrected chi connectivity index (χ0v) is 10.4. The monoisotopic (exact) mass is 257 g/mol. The fraction of sp³-hybridized carbons (Fsp3) is 0.0714. The summed E-state index contributed by atoms with van der Waals surface area (Å²) in [6.45, 7) is 0.597. The number of anilines is 2. The number of nitrogens with two attached hydrogens (primary N) is 1. The molecule has 0 aromatic heterocycles. The van der Waals surface area contributed by atoms with Gasteiger partial charge in [-0.05, 0) is 29.8 Å². The van der Waals surface area contributed by atoms with Crippen molar-refractivity contribution in [2.24, 2.45) is 0 Å². The minimum absolute atomic E-state index is 0.533. The molecule has 0 aliphatic carbocycles. The van der Waals surface area contributed by atoms with E-state index in [1.165, 1.54) is 0 Å². The van der Waals surface area contributed by atoms with Crippen LogP contribution in [0.2, 0.25) is 5.02 Å². The second-order valence-electron chi connectivity index (χ2n) is 3.87. The molecule has 0 atom stereocenters. The quantitative estimate of drug-likeness (QED) is 0.829. The van der Waals surface area contributed by atoms with Crippen LogP contribution in [0, 0.1) is 11.3 Å². The van der Waals surface area contributed by atoms with Crippen LogP contribution in [-0.2, 0) is 6.54 Å². The second-order valence-corrected chi connectivity index (χ2v) is 4.27. The molecule has 3 N–H and O–H groups in total. The Bertz CT molecular complexity index is 602. The van der Waals surface area contributed by atoms with Crippen LogP contribution in [0.15, 0.2) is 42.5 Å². The molecule has 3 nitrogen and oxygen atoms in total. The van der Waals surface area contributed by atoms with Crippen LogP contribution >= 0.6 is 11.6 Å². The van der Waals surface area contributed by atoms with Gasteiger partial charge in [0.1, 0.15) is 0 Å². The fourth-order valence-electron chi connectivity index (χ4n) is 1.64. The van der Waals surface area contributed by atoms with E-state index in [9.17, 15) is 0 Å². The number of rotatable bonds is 3. The number of nitriles is 1. The summed E-state index contributed by atoms with van der Waals surface area (Å²) >= 11 is 5.94. The molecule has 0 bridgehead atoms. The van der Waals surface area contributed by atoms with Crippen LogP contribution in [0.25, 0.3) is 0 Å². The van der Waals surface area contributed by atoms with E-state index in [-0.39, 0.29) is 0 Å². The maximum absolute atomic E-state index is 8.82. The highest BCUT2D eigenvalue weighted by Crippen LogP contribution is 2.27. The van der Waals surface area contributed by atoms with E-state index in [0.29, 0.717) is 22.8 Å². The third-order valence-corrected chi connectivity index (χ3v) is 2.92. The number of nitrogens with one attached hydrogen (secondary N) is 1. The molecule has 4 heteroatoms. The van der Waals surface area contributed by atoms with Gasteiger partial charge in [-0.3, -0.25) is 0 Å². The molecule has 18 heavy (non-hydrogen) atoms. The Kier molecular flexibility index (Phi) is 3.71. The predicted molar refractivity (Wildman–Crippen MR) is 74.3 cm³/mol. The Morgan fingerprint density at radius 3 is 2.78 bits per heavy atom. The third kappa shape index (κ3) is 2.73. The first kappa shape index (κ1) is 12.3. The summed E-state index contributed by atoms with van der Waals surface area (Å²) in [7, 11) is 0. The normalized spacial score (nSPS) is 9.78. The topological polar surface area (TPSA) is 61.8 Å². The summed E-state index contributed by atoms with van der Waals surface area (Å²) in [6, 6.07) is 15.0. The van der Waals surface area contributed by atoms with Crippen LogP contribution in [0.5, 0.6) is 0 Å². The molecule has 0 unspecified atom stereocenters. The van der Waals surface area contributed by atoms with Gasteiger partial charge in [0.2, 0.25) is 0 Å². The molecular weight excluding hydrogens is 246 g/mol. The molecule has 0 radical (unpaired) electrons. The summed E-state index contributed by atoms with van der Waals surface area (Å²) in [6.07, 6.45) is 0. The minimum Gasteiger partial charge on any atom is -0.396 e. The Morgan fingerprint density at radius 2 is 2.00 bits per heavy atom. The van der Waals surface area contributed by atoms with E-state index in [4.69, 9.17) is 22.6 Å². The van der Waals surface area contributed by atoms with Gasteiger partial charge < -0.3 is 11.1 Å². The minimum atomic E-state index is 0.533. The molecule has 0 heterocycles. The van der Waals surface area contributed by atoms with Crippen LogP contribution < -0.4 is 11.1 Å². The Hall–Kier alpha value is -2.18. The SMILES string of the molecule is N#Cc1cccc(CNc2cccc(Cl)c2N)c1. The van der Waals surface area contributed by atoms with Crippen LogP contribution in [0.1, 0.15) is 11.1 Å². The summed E-state index contributed by atoms with van der Waals surface area (Å²) in [5.41, 5.74) is 8.86. The third-order valence-electron chi connectivity index (χ3n) is 2.59. The average Bonchev–Trinajstić information content (AvgIpc) is 2.41. The summed E-state index contributed by atoms with van der Waals surface area (Å²) in [4.78, 5) is 0. The highest BCUT2D eigenvalue weighted by molar-refractivity contribution is 6.33. The molecule has 2 aromatic carbocycles. The lowest BCUT2D eigenvalue weighted by atomic mass is 10.1. The number of nitrogens with zero attached hydrogens (tertiary/aromatic N) is 1. The zero-order valence-electron chi connectivity index (χ0n) is 9.65. The van der Waals surface area contributed by atoms with E-state index in [2.05, 4.69) is 11.4 Å². The first-order chi connectivity index (χ1) is 8.70. The van der Waals surface area contributed by atoms with Crippen molar-refractivity contribution < 1.29 is 0 Å². The van der Waals surface area contributed by atoms with Gasteiger partial charge in [0.15, 0.2) is 0 Å². The molecular formula is C14H12ClN3. The van der Waals surface area contributed by atoms with Crippen LogP contribution in [0.3, 0.4) is 0 Å². The summed E-state index contributed by atoms with van der Waals surface area (Å²) < 4.78 is 0. The van der Waals surface area contributed by atoms with Gasteiger partial charge >= 0.3 is 0 Å². The molecule has 90 valence electrons. The fourth-order valence-corrected chi connectivity index (χ4v) is 1.81. The molecule has 0 saturated heterocycles. The van der Waals surface area contributed by atoms with Crippen molar-refractivity contribution in [3.63, 3.8) is 0 Å². The number of nitrogen functional groups attached to an aromatic ring is 1. The highest BCUT2D eigenvalue weighted by Gasteiger charge is 2.02. The van der Waals surface area contributed by atoms with E-state index < -0.39 is 0 Å². The first-order valence-corrected chi connectivity index (χ1v) is 5.85. The predicted octanol–water partition coefficient (Wildman–Crippen LogP) is 3.41. The standard InChI is InChI=1S/C14H12ClN3/c15-12-5-2-6-13(14(12)17)18-9-11-4-1-3-10(7-11)8-16/h1-7,18H,9,17H2. The lowest BCUT2D eigenvalue weighted by Crippen LogP contribution is -2.02. The van der Waals surface area contributed by atoms with Crippen molar-refractivity contribution in [2.45, 2.75) is 6.54 Å². The first-order valence-electron chi connectivity index (χ1n) is 5.47. The smallest absolute Gasteiger partial charge is 0.0991 e. The number of hydrogen-bond acceptors (Lipinski definition) is 3. The molecule has 0 amide bonds. The molecule has 0 aliphatic heterocycles. The van der Waals surface area contributed by atoms with E-state index >= 15 is 0 Å². The van der Waals surface area contributed by atoms with Gasteiger partial charge in [0, 0.05) is 6.54 Å². The molecule has 2 aromatic rings. The van der Waals surface area contributed by atoms with E-state index in [1.54, 1.807) is 12.1 Å². The van der Waals surface area contributed by atoms with Gasteiger partial charge in [-0.2, -0.15) is 5.26 Å². The van der Waals surface area contributed by atoms with Crippen molar-refractivity contribution in [1.82, 2.24) is 0 Å². The Balaban J connectivity index is 2.12. The van der Waals surface area contributed by atoms with Crippen molar-refractivity contribution >= 4 is 23.0 Å². The number of hydrogen-bond donors (Lipinski definition) is 2. The van der Waals surface area contributed by atoms with Gasteiger partial charge in [0.05, 0.1) is 28.0 Å². The van der Waals surface area contributed by atoms with Crippen molar-refractivity contribution in [2.75, 3.05) is 11.1 Å². The van der Waals surface area contributed by atoms with Crippen LogP contribution in [0.4, 0.5) is 11.4 Å². The maximum atomic E-state index is 8.82. The molecule has 2 rings (SSSR count).